The van der Waals surface area contributed by atoms with Crippen LogP contribution in [0.15, 0.2) is 84.9 Å². The van der Waals surface area contributed by atoms with Gasteiger partial charge >= 0.3 is 0 Å². The van der Waals surface area contributed by atoms with E-state index in [0.717, 1.165) is 11.1 Å². The maximum Gasteiger partial charge on any atom is 0.255 e. The number of primary amides is 1. The first-order valence-electron chi connectivity index (χ1n) is 9.14. The summed E-state index contributed by atoms with van der Waals surface area (Å²) in [5.41, 5.74) is 7.99. The molecule has 3 aromatic carbocycles. The molecule has 3 rings (SSSR count). The van der Waals surface area contributed by atoms with Crippen LogP contribution in [0, 0.1) is 0 Å². The van der Waals surface area contributed by atoms with Crippen molar-refractivity contribution in [1.29, 1.82) is 0 Å². The van der Waals surface area contributed by atoms with Crippen molar-refractivity contribution in [3.8, 4) is 5.75 Å². The molecular formula is C23H22N2O3S. The Bertz CT molecular complexity index is 909. The summed E-state index contributed by atoms with van der Waals surface area (Å²) < 4.78 is 5.27. The first-order chi connectivity index (χ1) is 14.1. The highest BCUT2D eigenvalue weighted by molar-refractivity contribution is 8.00. The molecule has 6 heteroatoms. The second-order valence-electron chi connectivity index (χ2n) is 6.34. The van der Waals surface area contributed by atoms with Crippen molar-refractivity contribution in [2.45, 2.75) is 5.25 Å². The van der Waals surface area contributed by atoms with E-state index in [1.165, 1.54) is 0 Å². The fourth-order valence-electron chi connectivity index (χ4n) is 2.81. The second kappa shape index (κ2) is 10.3. The van der Waals surface area contributed by atoms with Gasteiger partial charge in [0.15, 0.2) is 6.61 Å². The minimum Gasteiger partial charge on any atom is -0.484 e. The minimum absolute atomic E-state index is 0.0633. The van der Waals surface area contributed by atoms with Gasteiger partial charge in [0, 0.05) is 11.8 Å². The molecule has 0 unspecified atom stereocenters. The molecule has 2 amide bonds. The molecular weight excluding hydrogens is 384 g/mol. The predicted octanol–water partition coefficient (Wildman–Crippen LogP) is 4.01. The average Bonchev–Trinajstić information content (AvgIpc) is 2.74. The first-order valence-corrected chi connectivity index (χ1v) is 10.2. The molecule has 0 aliphatic carbocycles. The van der Waals surface area contributed by atoms with Gasteiger partial charge in [0.05, 0.1) is 11.0 Å². The normalized spacial score (nSPS) is 10.5. The van der Waals surface area contributed by atoms with Gasteiger partial charge in [-0.3, -0.25) is 9.59 Å². The van der Waals surface area contributed by atoms with Crippen LogP contribution in [-0.2, 0) is 9.59 Å². The summed E-state index contributed by atoms with van der Waals surface area (Å²) >= 11 is 1.57. The maximum atomic E-state index is 12.5. The monoisotopic (exact) mass is 406 g/mol. The summed E-state index contributed by atoms with van der Waals surface area (Å²) in [5, 5.41) is 2.94. The summed E-state index contributed by atoms with van der Waals surface area (Å²) in [6, 6.07) is 27.1. The maximum absolute atomic E-state index is 12.5. The van der Waals surface area contributed by atoms with Crippen molar-refractivity contribution < 1.29 is 14.3 Å². The van der Waals surface area contributed by atoms with Crippen LogP contribution in [0.2, 0.25) is 0 Å². The van der Waals surface area contributed by atoms with E-state index >= 15 is 0 Å². The lowest BCUT2D eigenvalue weighted by Gasteiger charge is -2.17. The molecule has 0 aliphatic rings. The largest absolute Gasteiger partial charge is 0.484 e. The number of thioether (sulfide) groups is 1. The number of hydrogen-bond acceptors (Lipinski definition) is 4. The number of anilines is 1. The molecule has 148 valence electrons. The molecule has 3 N–H and O–H groups in total. The molecule has 0 radical (unpaired) electrons. The number of hydrogen-bond donors (Lipinski definition) is 2. The van der Waals surface area contributed by atoms with E-state index in [0.29, 0.717) is 17.2 Å². The van der Waals surface area contributed by atoms with Crippen LogP contribution < -0.4 is 15.8 Å². The topological polar surface area (TPSA) is 81.4 Å². The third-order valence-corrected chi connectivity index (χ3v) is 5.39. The Labute approximate surface area is 174 Å². The van der Waals surface area contributed by atoms with Crippen molar-refractivity contribution in [1.82, 2.24) is 0 Å². The first kappa shape index (κ1) is 20.5. The van der Waals surface area contributed by atoms with Crippen molar-refractivity contribution >= 4 is 29.3 Å². The van der Waals surface area contributed by atoms with Crippen LogP contribution in [0.25, 0.3) is 0 Å². The zero-order valence-electron chi connectivity index (χ0n) is 15.8. The van der Waals surface area contributed by atoms with Gasteiger partial charge in [0.25, 0.3) is 5.91 Å². The molecule has 0 spiro atoms. The third kappa shape index (κ3) is 6.40. The zero-order valence-corrected chi connectivity index (χ0v) is 16.6. The number of carbonyl (C=O) groups excluding carboxylic acids is 2. The van der Waals surface area contributed by atoms with E-state index in [2.05, 4.69) is 29.6 Å². The number of benzene rings is 3. The number of carbonyl (C=O) groups is 2. The van der Waals surface area contributed by atoms with E-state index in [4.69, 9.17) is 10.5 Å². The van der Waals surface area contributed by atoms with Crippen LogP contribution in [0.4, 0.5) is 5.69 Å². The molecule has 0 saturated carbocycles. The Morgan fingerprint density at radius 2 is 1.52 bits per heavy atom. The molecule has 0 atom stereocenters. The van der Waals surface area contributed by atoms with Crippen molar-refractivity contribution in [3.05, 3.63) is 96.1 Å². The van der Waals surface area contributed by atoms with Gasteiger partial charge in [-0.1, -0.05) is 66.7 Å². The lowest BCUT2D eigenvalue weighted by molar-refractivity contribution is -0.120. The Hall–Kier alpha value is -3.25. The van der Waals surface area contributed by atoms with Crippen molar-refractivity contribution in [3.63, 3.8) is 0 Å². The standard InChI is InChI=1S/C23H22N2O3S/c24-21(26)15-28-20-13-7-12-19(14-20)25-22(27)16-29-23(17-8-3-1-4-9-17)18-10-5-2-6-11-18/h1-14,23H,15-16H2,(H2,24,26)(H,25,27). The van der Waals surface area contributed by atoms with Crippen LogP contribution in [0.3, 0.4) is 0 Å². The fraction of sp³-hybridized carbons (Fsp3) is 0.130. The number of nitrogens with one attached hydrogen (secondary N) is 1. The molecule has 3 aromatic rings. The second-order valence-corrected chi connectivity index (χ2v) is 7.44. The third-order valence-electron chi connectivity index (χ3n) is 4.08. The summed E-state index contributed by atoms with van der Waals surface area (Å²) in [6.07, 6.45) is 0. The molecule has 5 nitrogen and oxygen atoms in total. The van der Waals surface area contributed by atoms with Gasteiger partial charge in [0.2, 0.25) is 5.91 Å². The summed E-state index contributed by atoms with van der Waals surface area (Å²) in [6.45, 7) is -0.205. The van der Waals surface area contributed by atoms with Crippen LogP contribution in [-0.4, -0.2) is 24.2 Å². The summed E-state index contributed by atoms with van der Waals surface area (Å²) in [5.74, 6) is 0.101. The van der Waals surface area contributed by atoms with E-state index in [9.17, 15) is 9.59 Å². The molecule has 0 fully saturated rings. The molecule has 0 bridgehead atoms. The summed E-state index contributed by atoms with van der Waals surface area (Å²) in [7, 11) is 0. The molecule has 0 aromatic heterocycles. The number of ether oxygens (including phenoxy) is 1. The van der Waals surface area contributed by atoms with E-state index in [1.807, 2.05) is 36.4 Å². The highest BCUT2D eigenvalue weighted by Gasteiger charge is 2.16. The van der Waals surface area contributed by atoms with Gasteiger partial charge in [0.1, 0.15) is 5.75 Å². The van der Waals surface area contributed by atoms with Gasteiger partial charge in [-0.15, -0.1) is 11.8 Å². The van der Waals surface area contributed by atoms with E-state index < -0.39 is 5.91 Å². The SMILES string of the molecule is NC(=O)COc1cccc(NC(=O)CSC(c2ccccc2)c2ccccc2)c1. The number of amides is 2. The van der Waals surface area contributed by atoms with Crippen LogP contribution >= 0.6 is 11.8 Å². The van der Waals surface area contributed by atoms with Crippen LogP contribution in [0.1, 0.15) is 16.4 Å². The average molecular weight is 407 g/mol. The van der Waals surface area contributed by atoms with Gasteiger partial charge in [-0.2, -0.15) is 0 Å². The van der Waals surface area contributed by atoms with E-state index in [-0.39, 0.29) is 17.8 Å². The Morgan fingerprint density at radius 1 is 0.897 bits per heavy atom. The van der Waals surface area contributed by atoms with Gasteiger partial charge in [-0.05, 0) is 23.3 Å². The quantitative estimate of drug-likeness (QED) is 0.563. The lowest BCUT2D eigenvalue weighted by atomic mass is 10.0. The van der Waals surface area contributed by atoms with Gasteiger partial charge in [-0.25, -0.2) is 0 Å². The lowest BCUT2D eigenvalue weighted by Crippen LogP contribution is -2.20. The highest BCUT2D eigenvalue weighted by atomic mass is 32.2. The van der Waals surface area contributed by atoms with Crippen LogP contribution in [0.5, 0.6) is 5.75 Å². The molecule has 0 heterocycles. The zero-order chi connectivity index (χ0) is 20.5. The predicted molar refractivity (Wildman–Crippen MR) is 117 cm³/mol. The number of rotatable bonds is 9. The molecule has 29 heavy (non-hydrogen) atoms. The Morgan fingerprint density at radius 3 is 2.10 bits per heavy atom. The molecule has 0 saturated heterocycles. The number of nitrogens with two attached hydrogens (primary N) is 1. The smallest absolute Gasteiger partial charge is 0.255 e. The fourth-order valence-corrected chi connectivity index (χ4v) is 3.90. The van der Waals surface area contributed by atoms with Crippen molar-refractivity contribution in [2.75, 3.05) is 17.7 Å². The van der Waals surface area contributed by atoms with Gasteiger partial charge < -0.3 is 15.8 Å². The van der Waals surface area contributed by atoms with Crippen molar-refractivity contribution in [2.24, 2.45) is 5.73 Å². The summed E-state index contributed by atoms with van der Waals surface area (Å²) in [4.78, 5) is 23.4. The Kier molecular flexibility index (Phi) is 7.30. The Balaban J connectivity index is 1.63. The highest BCUT2D eigenvalue weighted by Crippen LogP contribution is 2.35. The minimum atomic E-state index is -0.552. The van der Waals surface area contributed by atoms with E-state index in [1.54, 1.807) is 36.0 Å². The molecule has 0 aliphatic heterocycles.